The molecule has 30 heavy (non-hydrogen) atoms. The monoisotopic (exact) mass is 404 g/mol. The van der Waals surface area contributed by atoms with Gasteiger partial charge in [-0.1, -0.05) is 18.2 Å². The first kappa shape index (κ1) is 19.8. The van der Waals surface area contributed by atoms with Gasteiger partial charge in [0, 0.05) is 55.2 Å². The molecule has 3 aromatic rings. The lowest BCUT2D eigenvalue weighted by Gasteiger charge is -2.26. The first-order chi connectivity index (χ1) is 14.4. The molecular formula is C23H24N4O3. The highest BCUT2D eigenvalue weighted by Crippen LogP contribution is 2.40. The van der Waals surface area contributed by atoms with E-state index in [0.717, 1.165) is 16.5 Å². The van der Waals surface area contributed by atoms with Crippen LogP contribution in [-0.4, -0.2) is 63.3 Å². The second-order valence-electron chi connectivity index (χ2n) is 7.75. The lowest BCUT2D eigenvalue weighted by atomic mass is 9.96. The number of nitrogens with zero attached hydrogens (tertiary/aromatic N) is 4. The van der Waals surface area contributed by atoms with Crippen LogP contribution in [0.15, 0.2) is 60.6 Å². The van der Waals surface area contributed by atoms with E-state index in [0.29, 0.717) is 18.7 Å². The number of likely N-dealkylation sites (N-methyl/N-ethyl adjacent to an activating group) is 1. The van der Waals surface area contributed by atoms with Crippen LogP contribution in [0.3, 0.4) is 0 Å². The number of amides is 1. The molecule has 3 heterocycles. The van der Waals surface area contributed by atoms with Gasteiger partial charge in [0.1, 0.15) is 5.76 Å². The molecule has 0 saturated carbocycles. The zero-order valence-corrected chi connectivity index (χ0v) is 17.2. The Labute approximate surface area is 174 Å². The van der Waals surface area contributed by atoms with Gasteiger partial charge >= 0.3 is 0 Å². The van der Waals surface area contributed by atoms with Crippen LogP contribution in [0, 0.1) is 0 Å². The topological polar surface area (TPSA) is 78.7 Å². The quantitative estimate of drug-likeness (QED) is 0.402. The van der Waals surface area contributed by atoms with Crippen LogP contribution in [0.1, 0.15) is 17.2 Å². The molecule has 1 aromatic carbocycles. The maximum absolute atomic E-state index is 13.1. The molecule has 0 bridgehead atoms. The number of aromatic nitrogens is 2. The van der Waals surface area contributed by atoms with E-state index in [1.807, 2.05) is 54.9 Å². The number of para-hydroxylation sites is 1. The lowest BCUT2D eigenvalue weighted by Crippen LogP contribution is -2.35. The summed E-state index contributed by atoms with van der Waals surface area (Å²) in [6.07, 6.45) is 5.04. The molecule has 154 valence electrons. The van der Waals surface area contributed by atoms with E-state index in [-0.39, 0.29) is 11.3 Å². The Hall–Kier alpha value is -3.45. The van der Waals surface area contributed by atoms with E-state index in [1.165, 1.54) is 4.90 Å². The molecule has 1 fully saturated rings. The minimum atomic E-state index is -0.666. The molecule has 0 radical (unpaired) electrons. The van der Waals surface area contributed by atoms with E-state index in [9.17, 15) is 14.7 Å². The van der Waals surface area contributed by atoms with Crippen LogP contribution in [-0.2, 0) is 16.6 Å². The van der Waals surface area contributed by atoms with Crippen molar-refractivity contribution in [2.24, 2.45) is 7.05 Å². The van der Waals surface area contributed by atoms with Crippen molar-refractivity contribution in [1.29, 1.82) is 0 Å². The summed E-state index contributed by atoms with van der Waals surface area (Å²) >= 11 is 0. The number of hydrogen-bond acceptors (Lipinski definition) is 5. The normalized spacial score (nSPS) is 18.7. The predicted octanol–water partition coefficient (Wildman–Crippen LogP) is 2.56. The maximum atomic E-state index is 13.1. The summed E-state index contributed by atoms with van der Waals surface area (Å²) < 4.78 is 1.90. The van der Waals surface area contributed by atoms with Gasteiger partial charge in [0.05, 0.1) is 11.6 Å². The van der Waals surface area contributed by atoms with Crippen molar-refractivity contribution < 1.29 is 14.7 Å². The third-order valence-electron chi connectivity index (χ3n) is 5.50. The van der Waals surface area contributed by atoms with Gasteiger partial charge in [0.2, 0.25) is 0 Å². The standard InChI is InChI=1S/C23H24N4O3/c1-25(2)12-13-27-20(15-8-10-24-11-9-15)19(22(29)23(27)30)21(28)17-14-26(3)18-7-5-4-6-16(17)18/h4-11,14,20,28H,12-13H2,1-3H3/t20-/m1/s1. The number of benzene rings is 1. The largest absolute Gasteiger partial charge is 0.507 e. The first-order valence-electron chi connectivity index (χ1n) is 9.77. The van der Waals surface area contributed by atoms with Crippen molar-refractivity contribution in [2.75, 3.05) is 27.2 Å². The van der Waals surface area contributed by atoms with Gasteiger partial charge < -0.3 is 19.5 Å². The Kier molecular flexibility index (Phi) is 5.13. The van der Waals surface area contributed by atoms with Gasteiger partial charge in [-0.2, -0.15) is 0 Å². The highest BCUT2D eigenvalue weighted by Gasteiger charge is 2.46. The van der Waals surface area contributed by atoms with Crippen molar-refractivity contribution in [3.63, 3.8) is 0 Å². The van der Waals surface area contributed by atoms with Gasteiger partial charge in [-0.3, -0.25) is 14.6 Å². The third-order valence-corrected chi connectivity index (χ3v) is 5.50. The van der Waals surface area contributed by atoms with E-state index >= 15 is 0 Å². The zero-order chi connectivity index (χ0) is 21.4. The number of aliphatic hydroxyl groups excluding tert-OH is 1. The maximum Gasteiger partial charge on any atom is 0.295 e. The summed E-state index contributed by atoms with van der Waals surface area (Å²) in [5, 5.41) is 12.1. The minimum absolute atomic E-state index is 0.112. The number of carbonyl (C=O) groups excluding carboxylic acids is 2. The summed E-state index contributed by atoms with van der Waals surface area (Å²) in [6.45, 7) is 0.972. The Balaban J connectivity index is 1.91. The number of fused-ring (bicyclic) bond motifs is 1. The summed E-state index contributed by atoms with van der Waals surface area (Å²) in [7, 11) is 5.71. The van der Waals surface area contributed by atoms with Crippen LogP contribution in [0.2, 0.25) is 0 Å². The predicted molar refractivity (Wildman–Crippen MR) is 115 cm³/mol. The Morgan fingerprint density at radius 3 is 2.53 bits per heavy atom. The SMILES string of the molecule is CN(C)CCN1C(=O)C(=O)C(=C(O)c2cn(C)c3ccccc23)[C@H]1c1ccncc1. The molecule has 0 aliphatic carbocycles. The van der Waals surface area contributed by atoms with Crippen LogP contribution >= 0.6 is 0 Å². The van der Waals surface area contributed by atoms with Crippen molar-refractivity contribution in [3.8, 4) is 0 Å². The molecule has 0 unspecified atom stereocenters. The molecule has 1 aliphatic rings. The van der Waals surface area contributed by atoms with E-state index in [1.54, 1.807) is 30.7 Å². The highest BCUT2D eigenvalue weighted by atomic mass is 16.3. The molecule has 2 aromatic heterocycles. The molecule has 1 aliphatic heterocycles. The number of aryl methyl sites for hydroxylation is 1. The fourth-order valence-corrected chi connectivity index (χ4v) is 3.99. The number of hydrogen-bond donors (Lipinski definition) is 1. The molecule has 1 N–H and O–H groups in total. The zero-order valence-electron chi connectivity index (χ0n) is 17.2. The molecule has 7 heteroatoms. The molecule has 4 rings (SSSR count). The number of aliphatic hydroxyl groups is 1. The number of carbonyl (C=O) groups is 2. The molecule has 7 nitrogen and oxygen atoms in total. The van der Waals surface area contributed by atoms with Gasteiger partial charge in [-0.15, -0.1) is 0 Å². The van der Waals surface area contributed by atoms with Crippen molar-refractivity contribution in [2.45, 2.75) is 6.04 Å². The van der Waals surface area contributed by atoms with Crippen LogP contribution in [0.4, 0.5) is 0 Å². The van der Waals surface area contributed by atoms with Gasteiger partial charge in [0.25, 0.3) is 11.7 Å². The third kappa shape index (κ3) is 3.27. The number of pyridine rings is 1. The second-order valence-corrected chi connectivity index (χ2v) is 7.75. The van der Waals surface area contributed by atoms with Crippen LogP contribution in [0.5, 0.6) is 0 Å². The summed E-state index contributed by atoms with van der Waals surface area (Å²) in [5.41, 5.74) is 2.32. The number of rotatable bonds is 5. The van der Waals surface area contributed by atoms with E-state index < -0.39 is 17.7 Å². The number of likely N-dealkylation sites (tertiary alicyclic amines) is 1. The van der Waals surface area contributed by atoms with Gasteiger partial charge in [-0.25, -0.2) is 0 Å². The molecule has 1 atom stereocenters. The average molecular weight is 404 g/mol. The minimum Gasteiger partial charge on any atom is -0.507 e. The fourth-order valence-electron chi connectivity index (χ4n) is 3.99. The lowest BCUT2D eigenvalue weighted by molar-refractivity contribution is -0.140. The summed E-state index contributed by atoms with van der Waals surface area (Å²) in [4.78, 5) is 33.5. The van der Waals surface area contributed by atoms with Gasteiger partial charge in [0.15, 0.2) is 0 Å². The Bertz CT molecular complexity index is 1150. The number of Topliss-reactive ketones (excluding diaryl/α,β-unsaturated/α-hetero) is 1. The van der Waals surface area contributed by atoms with E-state index in [2.05, 4.69) is 4.98 Å². The second kappa shape index (κ2) is 7.76. The Morgan fingerprint density at radius 2 is 1.83 bits per heavy atom. The van der Waals surface area contributed by atoms with Crippen molar-refractivity contribution in [1.82, 2.24) is 19.4 Å². The molecule has 1 saturated heterocycles. The average Bonchev–Trinajstić information content (AvgIpc) is 3.21. The first-order valence-corrected chi connectivity index (χ1v) is 9.77. The molecule has 1 amide bonds. The smallest absolute Gasteiger partial charge is 0.295 e. The van der Waals surface area contributed by atoms with Crippen molar-refractivity contribution in [3.05, 3.63) is 71.7 Å². The van der Waals surface area contributed by atoms with E-state index in [4.69, 9.17) is 0 Å². The Morgan fingerprint density at radius 1 is 1.13 bits per heavy atom. The highest BCUT2D eigenvalue weighted by molar-refractivity contribution is 6.46. The van der Waals surface area contributed by atoms with Crippen molar-refractivity contribution >= 4 is 28.4 Å². The number of ketones is 1. The van der Waals surface area contributed by atoms with Crippen LogP contribution < -0.4 is 0 Å². The van der Waals surface area contributed by atoms with Gasteiger partial charge in [-0.05, 0) is 37.9 Å². The van der Waals surface area contributed by atoms with Crippen LogP contribution in [0.25, 0.3) is 16.7 Å². The summed E-state index contributed by atoms with van der Waals surface area (Å²) in [5.74, 6) is -1.42. The fraction of sp³-hybridized carbons (Fsp3) is 0.261. The molecular weight excluding hydrogens is 380 g/mol. The molecule has 0 spiro atoms. The summed E-state index contributed by atoms with van der Waals surface area (Å²) in [6, 6.07) is 10.5.